The standard InChI is InChI=1S/C88H159N3O37/c1-6-8-10-12-14-16-18-20-21-22-23-24-25-26-27-29-31-33-35-37-39-41-60(101)91-52(53(100)40-38-36-34-32-30-28-19-17-15-13-11-9-7-2)48-115-84-73(112)70(109)77(58(46-96)122-84)124-88-74(113)80(65(104)55(43-93)119-88)127-82-61(89-50(4)98)67(106)76(57(45-95)120-82)123-87-75(114)81(66(105)56(44-94)118-87)128-83-62(90-51(5)99)79(126-86-72(111)69(108)64(103)54(42-92)117-86)78(59(47-97)121-83)125-85-71(110)68(107)63(102)49(3)116-85/h38,40,49,52-59,61-88,92-97,100,102-114H,6-37,39,41-48H2,1-5H3,(H,89,98)(H,90,99)(H,91,101)/b40-38+/t49?,52-,53+,54?,55?,56?,57?,58?,59?,61?,62?,63+,64-,65-,66-,67+,68?,69-,70+,71-,72?,73?,74?,75?,76+,77+,78+,79+,80-,81-,82-,83-,84+,85+,86-,87-,88-/m0/s1. The largest absolute Gasteiger partial charge is 0.394 e. The monoisotopic (exact) mass is 1850 g/mol. The minimum Gasteiger partial charge on any atom is -0.394 e. The van der Waals surface area contributed by atoms with Gasteiger partial charge in [-0.05, 0) is 26.2 Å². The third-order valence-corrected chi connectivity index (χ3v) is 25.3. The van der Waals surface area contributed by atoms with Gasteiger partial charge in [0.15, 0.2) is 44.0 Å². The average molecular weight is 1850 g/mol. The Morgan fingerprint density at radius 2 is 0.641 bits per heavy atom. The maximum absolute atomic E-state index is 13.6. The molecule has 37 atom stereocenters. The number of allylic oxidation sites excluding steroid dienone is 1. The SMILES string of the molecule is CCCCCCCCCCCCC/C=C/[C@@H](O)[C@H](CO[C@@H]1OC(CO)[C@@H](O[C@@H]2OC(CO)[C@H](O)[C@H](O[C@@H]3OC(CO)[C@@H](O[C@@H]4OC(CO)[C@H](O)[C@H](O[C@@H]5OC(CO)[C@@H](O[C@H]6OC(C)[C@@H](O)C(O)[C@@H]6O)[C@H](O[C@@H]6OC(CO)[C@H](O)[C@H](O)C6O)C5NC(C)=O)C4O)[C@H](O)C3NC(C)=O)C2O)[C@H](O)C1O)NC(=O)CCCCCCCCCCCCCCCCCCCCCCC. The number of carbonyl (C=O) groups is 3. The van der Waals surface area contributed by atoms with Crippen LogP contribution >= 0.6 is 0 Å². The second kappa shape index (κ2) is 59.7. The Balaban J connectivity index is 0.988. The number of ether oxygens (including phenoxy) is 14. The van der Waals surface area contributed by atoms with Crippen molar-refractivity contribution < 1.29 is 183 Å². The van der Waals surface area contributed by atoms with E-state index in [-0.39, 0.29) is 12.3 Å². The van der Waals surface area contributed by atoms with E-state index in [0.29, 0.717) is 12.8 Å². The Labute approximate surface area is 751 Å². The van der Waals surface area contributed by atoms with Gasteiger partial charge in [-0.3, -0.25) is 14.4 Å². The van der Waals surface area contributed by atoms with Crippen LogP contribution in [0.5, 0.6) is 0 Å². The molecular formula is C88H159N3O37. The fourth-order valence-corrected chi connectivity index (χ4v) is 17.6. The van der Waals surface area contributed by atoms with Gasteiger partial charge < -0.3 is 184 Å². The minimum atomic E-state index is -2.34. The van der Waals surface area contributed by atoms with Crippen LogP contribution in [0.3, 0.4) is 0 Å². The first-order chi connectivity index (χ1) is 61.5. The quantitative estimate of drug-likeness (QED) is 0.0250. The Morgan fingerprint density at radius 1 is 0.320 bits per heavy atom. The molecule has 0 saturated carbocycles. The van der Waals surface area contributed by atoms with E-state index in [1.807, 2.05) is 6.08 Å². The van der Waals surface area contributed by atoms with Gasteiger partial charge in [-0.15, -0.1) is 0 Å². The predicted molar refractivity (Wildman–Crippen MR) is 453 cm³/mol. The van der Waals surface area contributed by atoms with Gasteiger partial charge >= 0.3 is 0 Å². The molecule has 0 spiro atoms. The van der Waals surface area contributed by atoms with Gasteiger partial charge in [0.05, 0.1) is 64.5 Å². The maximum atomic E-state index is 13.6. The molecule has 0 aromatic carbocycles. The highest BCUT2D eigenvalue weighted by atomic mass is 16.8. The summed E-state index contributed by atoms with van der Waals surface area (Å²) in [6, 6.07) is -4.87. The van der Waals surface area contributed by atoms with Crippen molar-refractivity contribution >= 4 is 17.7 Å². The Bertz CT molecular complexity index is 3020. The Kier molecular flexibility index (Phi) is 52.2. The molecular weight excluding hydrogens is 1690 g/mol. The Hall–Kier alpha value is -3.21. The number of amides is 3. The molecule has 0 aromatic rings. The summed E-state index contributed by atoms with van der Waals surface area (Å²) < 4.78 is 84.1. The predicted octanol–water partition coefficient (Wildman–Crippen LogP) is -1.23. The number of aliphatic hydroxyl groups is 20. The first-order valence-corrected chi connectivity index (χ1v) is 47.3. The fourth-order valence-electron chi connectivity index (χ4n) is 17.6. The van der Waals surface area contributed by atoms with E-state index in [0.717, 1.165) is 65.2 Å². The second-order valence-corrected chi connectivity index (χ2v) is 35.6. The highest BCUT2D eigenvalue weighted by Crippen LogP contribution is 2.40. The molecule has 40 heteroatoms. The molecule has 3 amide bonds. The van der Waals surface area contributed by atoms with E-state index in [1.54, 1.807) is 6.08 Å². The van der Waals surface area contributed by atoms with E-state index < -0.39 is 285 Å². The van der Waals surface area contributed by atoms with Crippen molar-refractivity contribution in [1.29, 1.82) is 0 Å². The minimum absolute atomic E-state index is 0.164. The summed E-state index contributed by atoms with van der Waals surface area (Å²) in [7, 11) is 0. The zero-order chi connectivity index (χ0) is 93.5. The highest BCUT2D eigenvalue weighted by Gasteiger charge is 2.60. The molecule has 7 saturated heterocycles. The molecule has 748 valence electrons. The van der Waals surface area contributed by atoms with Crippen molar-refractivity contribution in [3.05, 3.63) is 12.2 Å². The summed E-state index contributed by atoms with van der Waals surface area (Å²) in [5.41, 5.74) is 0. The van der Waals surface area contributed by atoms with Crippen molar-refractivity contribution in [1.82, 2.24) is 16.0 Å². The molecule has 7 aliphatic heterocycles. The number of unbranched alkanes of at least 4 members (excludes halogenated alkanes) is 31. The normalized spacial score (nSPS) is 37.7. The molecule has 0 bridgehead atoms. The van der Waals surface area contributed by atoms with Crippen LogP contribution in [0, 0.1) is 0 Å². The lowest BCUT2D eigenvalue weighted by atomic mass is 9.93. The first kappa shape index (κ1) is 112. The van der Waals surface area contributed by atoms with Gasteiger partial charge in [0.2, 0.25) is 17.7 Å². The second-order valence-electron chi connectivity index (χ2n) is 35.6. The molecule has 0 radical (unpaired) electrons. The van der Waals surface area contributed by atoms with Crippen molar-refractivity contribution in [2.75, 3.05) is 46.2 Å². The van der Waals surface area contributed by atoms with Crippen molar-refractivity contribution in [3.63, 3.8) is 0 Å². The van der Waals surface area contributed by atoms with E-state index >= 15 is 0 Å². The molecule has 7 rings (SSSR count). The Morgan fingerprint density at radius 3 is 1.07 bits per heavy atom. The van der Waals surface area contributed by atoms with Crippen LogP contribution in [0.15, 0.2) is 12.2 Å². The molecule has 40 nitrogen and oxygen atoms in total. The van der Waals surface area contributed by atoms with Gasteiger partial charge in [0, 0.05) is 20.3 Å². The fraction of sp³-hybridized carbons (Fsp3) is 0.943. The maximum Gasteiger partial charge on any atom is 0.220 e. The van der Waals surface area contributed by atoms with Crippen LogP contribution in [-0.2, 0) is 80.7 Å². The molecule has 7 aliphatic rings. The first-order valence-electron chi connectivity index (χ1n) is 47.3. The summed E-state index contributed by atoms with van der Waals surface area (Å²) in [5.74, 6) is -2.16. The lowest BCUT2D eigenvalue weighted by Gasteiger charge is -2.52. The van der Waals surface area contributed by atoms with Gasteiger partial charge in [-0.1, -0.05) is 219 Å². The third-order valence-electron chi connectivity index (χ3n) is 25.3. The third kappa shape index (κ3) is 33.9. The highest BCUT2D eigenvalue weighted by molar-refractivity contribution is 5.76. The molecule has 0 aromatic heterocycles. The molecule has 14 unspecified atom stereocenters. The average Bonchev–Trinajstić information content (AvgIpc) is 0.760. The molecule has 0 aliphatic carbocycles. The number of aliphatic hydroxyl groups excluding tert-OH is 20. The smallest absolute Gasteiger partial charge is 0.220 e. The van der Waals surface area contributed by atoms with Crippen LogP contribution in [0.4, 0.5) is 0 Å². The summed E-state index contributed by atoms with van der Waals surface area (Å²) in [6.07, 6.45) is -23.2. The number of carbonyl (C=O) groups excluding carboxylic acids is 3. The summed E-state index contributed by atoms with van der Waals surface area (Å²) in [6.45, 7) is 1.00. The van der Waals surface area contributed by atoms with E-state index in [1.165, 1.54) is 155 Å². The number of hydrogen-bond acceptors (Lipinski definition) is 37. The van der Waals surface area contributed by atoms with Crippen LogP contribution in [0.1, 0.15) is 253 Å². The van der Waals surface area contributed by atoms with Crippen LogP contribution in [0.25, 0.3) is 0 Å². The van der Waals surface area contributed by atoms with E-state index in [2.05, 4.69) is 29.8 Å². The van der Waals surface area contributed by atoms with Gasteiger partial charge in [-0.2, -0.15) is 0 Å². The van der Waals surface area contributed by atoms with Crippen LogP contribution in [0.2, 0.25) is 0 Å². The topological polar surface area (TPSA) is 621 Å². The summed E-state index contributed by atoms with van der Waals surface area (Å²) in [5, 5.41) is 233. The zero-order valence-corrected chi connectivity index (χ0v) is 75.4. The number of hydrogen-bond donors (Lipinski definition) is 23. The molecule has 7 fully saturated rings. The van der Waals surface area contributed by atoms with Crippen molar-refractivity contribution in [2.24, 2.45) is 0 Å². The zero-order valence-electron chi connectivity index (χ0n) is 75.4. The van der Waals surface area contributed by atoms with Gasteiger partial charge in [-0.25, -0.2) is 0 Å². The lowest BCUT2D eigenvalue weighted by Crippen LogP contribution is -2.71. The molecule has 23 N–H and O–H groups in total. The van der Waals surface area contributed by atoms with E-state index in [9.17, 15) is 117 Å². The lowest BCUT2D eigenvalue weighted by molar-refractivity contribution is -0.393. The number of rotatable bonds is 60. The van der Waals surface area contributed by atoms with Crippen molar-refractivity contribution in [2.45, 2.75) is 480 Å². The van der Waals surface area contributed by atoms with Crippen LogP contribution in [-0.4, -0.2) is 393 Å². The van der Waals surface area contributed by atoms with E-state index in [4.69, 9.17) is 66.3 Å². The van der Waals surface area contributed by atoms with Crippen molar-refractivity contribution in [3.8, 4) is 0 Å². The van der Waals surface area contributed by atoms with Crippen LogP contribution < -0.4 is 16.0 Å². The summed E-state index contributed by atoms with van der Waals surface area (Å²) >= 11 is 0. The summed E-state index contributed by atoms with van der Waals surface area (Å²) in [4.78, 5) is 40.0. The number of nitrogens with one attached hydrogen (secondary N) is 3. The van der Waals surface area contributed by atoms with Gasteiger partial charge in [0.1, 0.15) is 165 Å². The molecule has 7 heterocycles. The van der Waals surface area contributed by atoms with Gasteiger partial charge in [0.25, 0.3) is 0 Å². The molecule has 128 heavy (non-hydrogen) atoms.